The van der Waals surface area contributed by atoms with E-state index in [1.165, 1.54) is 6.26 Å². The van der Waals surface area contributed by atoms with Gasteiger partial charge in [0.25, 0.3) is 11.8 Å². The third-order valence-electron chi connectivity index (χ3n) is 4.13. The van der Waals surface area contributed by atoms with Crippen LogP contribution >= 0.6 is 12.4 Å². The summed E-state index contributed by atoms with van der Waals surface area (Å²) in [5, 5.41) is 6.12. The smallest absolute Gasteiger partial charge is 0.291 e. The monoisotopic (exact) mass is 363 g/mol. The first kappa shape index (κ1) is 19.0. The zero-order valence-electron chi connectivity index (χ0n) is 14.2. The lowest BCUT2D eigenvalue weighted by molar-refractivity contribution is 0.0709. The summed E-state index contributed by atoms with van der Waals surface area (Å²) in [5.41, 5.74) is 2.08. The summed E-state index contributed by atoms with van der Waals surface area (Å²) in [4.78, 5) is 26.7. The summed E-state index contributed by atoms with van der Waals surface area (Å²) < 4.78 is 5.10. The molecule has 0 radical (unpaired) electrons. The van der Waals surface area contributed by atoms with Crippen LogP contribution in [0.4, 0.5) is 5.69 Å². The third kappa shape index (κ3) is 4.41. The molecule has 0 aliphatic carbocycles. The Labute approximate surface area is 153 Å². The third-order valence-corrected chi connectivity index (χ3v) is 4.13. The van der Waals surface area contributed by atoms with Gasteiger partial charge in [0.15, 0.2) is 5.76 Å². The van der Waals surface area contributed by atoms with Gasteiger partial charge in [-0.2, -0.15) is 0 Å². The van der Waals surface area contributed by atoms with E-state index in [9.17, 15) is 9.59 Å². The Morgan fingerprint density at radius 2 is 2.12 bits per heavy atom. The zero-order chi connectivity index (χ0) is 17.1. The van der Waals surface area contributed by atoms with E-state index >= 15 is 0 Å². The molecule has 7 heteroatoms. The van der Waals surface area contributed by atoms with Gasteiger partial charge in [-0.1, -0.05) is 6.07 Å². The van der Waals surface area contributed by atoms with E-state index < -0.39 is 0 Å². The van der Waals surface area contributed by atoms with Gasteiger partial charge in [0.2, 0.25) is 0 Å². The topological polar surface area (TPSA) is 74.6 Å². The van der Waals surface area contributed by atoms with Gasteiger partial charge in [-0.15, -0.1) is 12.4 Å². The van der Waals surface area contributed by atoms with E-state index in [-0.39, 0.29) is 36.0 Å². The average Bonchev–Trinajstić information content (AvgIpc) is 3.11. The van der Waals surface area contributed by atoms with Crippen molar-refractivity contribution in [3.63, 3.8) is 0 Å². The average molecular weight is 364 g/mol. The second kappa shape index (κ2) is 8.18. The number of rotatable bonds is 3. The molecule has 2 aromatic rings. The van der Waals surface area contributed by atoms with Gasteiger partial charge in [-0.3, -0.25) is 9.59 Å². The molecular formula is C18H22ClN3O3. The number of aryl methyl sites for hydroxylation is 1. The first-order valence-electron chi connectivity index (χ1n) is 8.03. The number of nitrogens with one attached hydrogen (secondary N) is 2. The van der Waals surface area contributed by atoms with Crippen molar-refractivity contribution in [1.29, 1.82) is 0 Å². The highest BCUT2D eigenvalue weighted by Gasteiger charge is 2.22. The van der Waals surface area contributed by atoms with Crippen molar-refractivity contribution in [2.45, 2.75) is 19.9 Å². The fourth-order valence-electron chi connectivity index (χ4n) is 2.78. The van der Waals surface area contributed by atoms with Crippen LogP contribution in [0.5, 0.6) is 0 Å². The first-order valence-corrected chi connectivity index (χ1v) is 8.03. The van der Waals surface area contributed by atoms with Crippen molar-refractivity contribution >= 4 is 29.9 Å². The lowest BCUT2D eigenvalue weighted by atomic mass is 10.1. The van der Waals surface area contributed by atoms with E-state index in [1.807, 2.05) is 17.9 Å². The molecule has 2 N–H and O–H groups in total. The maximum absolute atomic E-state index is 12.7. The fourth-order valence-corrected chi connectivity index (χ4v) is 2.78. The van der Waals surface area contributed by atoms with E-state index in [4.69, 9.17) is 4.42 Å². The van der Waals surface area contributed by atoms with Gasteiger partial charge in [0, 0.05) is 36.9 Å². The Morgan fingerprint density at radius 1 is 1.32 bits per heavy atom. The molecule has 3 rings (SSSR count). The molecule has 0 saturated carbocycles. The van der Waals surface area contributed by atoms with Crippen LogP contribution in [-0.4, -0.2) is 42.4 Å². The molecule has 1 saturated heterocycles. The predicted octanol–water partition coefficient (Wildman–Crippen LogP) is 2.70. The number of anilines is 1. The maximum Gasteiger partial charge on any atom is 0.291 e. The molecule has 2 amide bonds. The van der Waals surface area contributed by atoms with Crippen LogP contribution in [0, 0.1) is 6.92 Å². The van der Waals surface area contributed by atoms with Crippen molar-refractivity contribution in [3.8, 4) is 0 Å². The lowest BCUT2D eigenvalue weighted by Gasteiger charge is -2.32. The Morgan fingerprint density at radius 3 is 2.80 bits per heavy atom. The molecule has 6 nitrogen and oxygen atoms in total. The number of amides is 2. The normalized spacial score (nSPS) is 16.9. The van der Waals surface area contributed by atoms with Crippen LogP contribution in [0.15, 0.2) is 41.0 Å². The minimum Gasteiger partial charge on any atom is -0.459 e. The van der Waals surface area contributed by atoms with Gasteiger partial charge in [-0.05, 0) is 43.7 Å². The number of furan rings is 1. The Hall–Kier alpha value is -2.31. The molecule has 1 atom stereocenters. The number of piperazine rings is 1. The molecule has 25 heavy (non-hydrogen) atoms. The summed E-state index contributed by atoms with van der Waals surface area (Å²) in [6, 6.07) is 8.91. The number of hydrogen-bond acceptors (Lipinski definition) is 4. The minimum atomic E-state index is -0.330. The van der Waals surface area contributed by atoms with Gasteiger partial charge < -0.3 is 20.0 Å². The number of halogens is 1. The molecular weight excluding hydrogens is 342 g/mol. The van der Waals surface area contributed by atoms with Crippen molar-refractivity contribution < 1.29 is 14.0 Å². The number of benzene rings is 1. The molecule has 1 aromatic carbocycles. The quantitative estimate of drug-likeness (QED) is 0.879. The predicted molar refractivity (Wildman–Crippen MR) is 98.5 cm³/mol. The second-order valence-corrected chi connectivity index (χ2v) is 6.07. The first-order chi connectivity index (χ1) is 11.5. The number of hydrogen-bond donors (Lipinski definition) is 2. The van der Waals surface area contributed by atoms with Crippen LogP contribution in [0.1, 0.15) is 33.4 Å². The summed E-state index contributed by atoms with van der Waals surface area (Å²) in [6.45, 7) is 6.11. The van der Waals surface area contributed by atoms with Crippen LogP contribution in [0.25, 0.3) is 0 Å². The van der Waals surface area contributed by atoms with E-state index in [0.29, 0.717) is 24.3 Å². The SMILES string of the molecule is Cc1ccc(C(=O)N2CCNC(C)C2)cc1NC(=O)c1ccco1.Cl. The van der Waals surface area contributed by atoms with Crippen LogP contribution in [-0.2, 0) is 0 Å². The molecule has 1 unspecified atom stereocenters. The molecule has 0 bridgehead atoms. The minimum absolute atomic E-state index is 0. The molecule has 0 spiro atoms. The van der Waals surface area contributed by atoms with Crippen molar-refractivity contribution in [2.24, 2.45) is 0 Å². The van der Waals surface area contributed by atoms with E-state index in [1.54, 1.807) is 24.3 Å². The number of nitrogens with zero attached hydrogens (tertiary/aromatic N) is 1. The second-order valence-electron chi connectivity index (χ2n) is 6.07. The van der Waals surface area contributed by atoms with E-state index in [0.717, 1.165) is 12.1 Å². The van der Waals surface area contributed by atoms with Crippen molar-refractivity contribution in [3.05, 3.63) is 53.5 Å². The van der Waals surface area contributed by atoms with Gasteiger partial charge in [-0.25, -0.2) is 0 Å². The highest BCUT2D eigenvalue weighted by atomic mass is 35.5. The van der Waals surface area contributed by atoms with Crippen molar-refractivity contribution in [1.82, 2.24) is 10.2 Å². The molecule has 1 aromatic heterocycles. The van der Waals surface area contributed by atoms with Gasteiger partial charge in [0.1, 0.15) is 0 Å². The summed E-state index contributed by atoms with van der Waals surface area (Å²) in [6.07, 6.45) is 1.45. The lowest BCUT2D eigenvalue weighted by Crippen LogP contribution is -2.51. The van der Waals surface area contributed by atoms with E-state index in [2.05, 4.69) is 17.6 Å². The number of carbonyl (C=O) groups excluding carboxylic acids is 2. The van der Waals surface area contributed by atoms with Gasteiger partial charge >= 0.3 is 0 Å². The zero-order valence-corrected chi connectivity index (χ0v) is 15.1. The Bertz CT molecular complexity index is 746. The van der Waals surface area contributed by atoms with Crippen LogP contribution in [0.2, 0.25) is 0 Å². The number of carbonyl (C=O) groups is 2. The summed E-state index contributed by atoms with van der Waals surface area (Å²) >= 11 is 0. The Balaban J connectivity index is 0.00000225. The molecule has 1 aliphatic heterocycles. The largest absolute Gasteiger partial charge is 0.459 e. The fraction of sp³-hybridized carbons (Fsp3) is 0.333. The standard InChI is InChI=1S/C18H21N3O3.ClH/c1-12-5-6-14(18(23)21-8-7-19-13(2)11-21)10-15(12)20-17(22)16-4-3-9-24-16;/h3-6,9-10,13,19H,7-8,11H2,1-2H3,(H,20,22);1H. The van der Waals surface area contributed by atoms with Crippen LogP contribution < -0.4 is 10.6 Å². The molecule has 2 heterocycles. The Kier molecular flexibility index (Phi) is 6.22. The highest BCUT2D eigenvalue weighted by molar-refractivity contribution is 6.04. The maximum atomic E-state index is 12.7. The molecule has 1 fully saturated rings. The summed E-state index contributed by atoms with van der Waals surface area (Å²) in [7, 11) is 0. The molecule has 1 aliphatic rings. The summed E-state index contributed by atoms with van der Waals surface area (Å²) in [5.74, 6) is -0.109. The molecule has 134 valence electrons. The highest BCUT2D eigenvalue weighted by Crippen LogP contribution is 2.20. The van der Waals surface area contributed by atoms with Gasteiger partial charge in [0.05, 0.1) is 6.26 Å². The van der Waals surface area contributed by atoms with Crippen LogP contribution in [0.3, 0.4) is 0 Å². The van der Waals surface area contributed by atoms with Crippen molar-refractivity contribution in [2.75, 3.05) is 25.0 Å².